The van der Waals surface area contributed by atoms with Crippen molar-refractivity contribution in [2.45, 2.75) is 38.5 Å². The molecule has 1 fully saturated rings. The topological polar surface area (TPSA) is 45.5 Å². The molecule has 1 aliphatic heterocycles. The van der Waals surface area contributed by atoms with Crippen molar-refractivity contribution < 1.29 is 9.21 Å². The van der Waals surface area contributed by atoms with Gasteiger partial charge in [0.2, 0.25) is 0 Å². The third-order valence-corrected chi connectivity index (χ3v) is 4.58. The molecule has 2 aromatic rings. The summed E-state index contributed by atoms with van der Waals surface area (Å²) in [7, 11) is 0. The van der Waals surface area contributed by atoms with Gasteiger partial charge in [0.15, 0.2) is 5.76 Å². The molecule has 1 aromatic carbocycles. The van der Waals surface area contributed by atoms with Crippen molar-refractivity contribution in [3.05, 3.63) is 54.0 Å². The van der Waals surface area contributed by atoms with Gasteiger partial charge in [0.05, 0.1) is 6.26 Å². The first kappa shape index (κ1) is 16.6. The van der Waals surface area contributed by atoms with Gasteiger partial charge in [0.1, 0.15) is 0 Å². The Morgan fingerprint density at radius 1 is 1.04 bits per heavy atom. The molecule has 1 saturated heterocycles. The summed E-state index contributed by atoms with van der Waals surface area (Å²) in [6.07, 6.45) is 8.74. The van der Waals surface area contributed by atoms with Gasteiger partial charge in [-0.2, -0.15) is 0 Å². The first-order valence-electron chi connectivity index (χ1n) is 8.98. The highest BCUT2D eigenvalue weighted by Gasteiger charge is 2.10. The Morgan fingerprint density at radius 2 is 1.79 bits per heavy atom. The molecule has 1 N–H and O–H groups in total. The molecule has 24 heavy (non-hydrogen) atoms. The van der Waals surface area contributed by atoms with E-state index >= 15 is 0 Å². The largest absolute Gasteiger partial charge is 0.459 e. The molecule has 0 radical (unpaired) electrons. The summed E-state index contributed by atoms with van der Waals surface area (Å²) in [5.41, 5.74) is 2.66. The maximum absolute atomic E-state index is 11.8. The maximum atomic E-state index is 11.8. The van der Waals surface area contributed by atoms with Crippen LogP contribution in [-0.2, 0) is 6.42 Å². The van der Waals surface area contributed by atoms with E-state index in [9.17, 15) is 4.79 Å². The van der Waals surface area contributed by atoms with Crippen molar-refractivity contribution in [3.63, 3.8) is 0 Å². The van der Waals surface area contributed by atoms with Gasteiger partial charge in [0.25, 0.3) is 5.91 Å². The SMILES string of the molecule is O=C(NCCCc1ccc(N2CCCCCC2)cc1)c1ccco1. The molecular formula is C20H26N2O2. The normalized spacial score (nSPS) is 15.1. The lowest BCUT2D eigenvalue weighted by Gasteiger charge is -2.22. The Kier molecular flexibility index (Phi) is 5.94. The van der Waals surface area contributed by atoms with Crippen LogP contribution in [0.3, 0.4) is 0 Å². The molecule has 2 heterocycles. The molecule has 0 aliphatic carbocycles. The minimum atomic E-state index is -0.142. The molecule has 1 amide bonds. The number of aryl methyl sites for hydroxylation is 1. The summed E-state index contributed by atoms with van der Waals surface area (Å²) in [6.45, 7) is 3.02. The summed E-state index contributed by atoms with van der Waals surface area (Å²) < 4.78 is 5.07. The minimum Gasteiger partial charge on any atom is -0.459 e. The number of nitrogens with zero attached hydrogens (tertiary/aromatic N) is 1. The van der Waals surface area contributed by atoms with E-state index in [1.54, 1.807) is 12.1 Å². The number of anilines is 1. The van der Waals surface area contributed by atoms with Crippen LogP contribution in [0.4, 0.5) is 5.69 Å². The van der Waals surface area contributed by atoms with Gasteiger partial charge in [-0.15, -0.1) is 0 Å². The van der Waals surface area contributed by atoms with Gasteiger partial charge in [-0.25, -0.2) is 0 Å². The van der Waals surface area contributed by atoms with Crippen molar-refractivity contribution in [3.8, 4) is 0 Å². The molecule has 128 valence electrons. The highest BCUT2D eigenvalue weighted by Crippen LogP contribution is 2.20. The monoisotopic (exact) mass is 326 g/mol. The summed E-state index contributed by atoms with van der Waals surface area (Å²) in [5, 5.41) is 2.88. The number of carbonyl (C=O) groups is 1. The van der Waals surface area contributed by atoms with Crippen LogP contribution in [-0.4, -0.2) is 25.5 Å². The molecule has 0 saturated carbocycles. The molecule has 4 nitrogen and oxygen atoms in total. The van der Waals surface area contributed by atoms with Crippen molar-refractivity contribution in [2.24, 2.45) is 0 Å². The van der Waals surface area contributed by atoms with Gasteiger partial charge in [-0.05, 0) is 55.5 Å². The fraction of sp³-hybridized carbons (Fsp3) is 0.450. The number of hydrogen-bond donors (Lipinski definition) is 1. The molecule has 0 spiro atoms. The zero-order valence-corrected chi connectivity index (χ0v) is 14.2. The predicted molar refractivity (Wildman–Crippen MR) is 96.5 cm³/mol. The molecule has 3 rings (SSSR count). The molecule has 1 aliphatic rings. The summed E-state index contributed by atoms with van der Waals surface area (Å²) in [5.74, 6) is 0.230. The smallest absolute Gasteiger partial charge is 0.286 e. The van der Waals surface area contributed by atoms with Crippen LogP contribution in [0.1, 0.15) is 48.2 Å². The average molecular weight is 326 g/mol. The molecule has 4 heteroatoms. The Bertz CT molecular complexity index is 612. The first-order valence-corrected chi connectivity index (χ1v) is 8.98. The second kappa shape index (κ2) is 8.57. The zero-order valence-electron chi connectivity index (χ0n) is 14.2. The minimum absolute atomic E-state index is 0.142. The number of hydrogen-bond acceptors (Lipinski definition) is 3. The third kappa shape index (κ3) is 4.63. The number of benzene rings is 1. The molecule has 0 atom stereocenters. The van der Waals surface area contributed by atoms with E-state index in [1.807, 2.05) is 0 Å². The number of amides is 1. The van der Waals surface area contributed by atoms with Gasteiger partial charge < -0.3 is 14.6 Å². The van der Waals surface area contributed by atoms with E-state index in [4.69, 9.17) is 4.42 Å². The van der Waals surface area contributed by atoms with Crippen molar-refractivity contribution in [2.75, 3.05) is 24.5 Å². The lowest BCUT2D eigenvalue weighted by atomic mass is 10.1. The average Bonchev–Trinajstić information content (AvgIpc) is 3.02. The fourth-order valence-corrected chi connectivity index (χ4v) is 3.19. The second-order valence-electron chi connectivity index (χ2n) is 6.40. The standard InChI is InChI=1S/C20H26N2O2/c23-20(19-8-6-16-24-19)21-13-5-7-17-9-11-18(12-10-17)22-14-3-1-2-4-15-22/h6,8-12,16H,1-5,7,13-15H2,(H,21,23). The van der Waals surface area contributed by atoms with Gasteiger partial charge in [-0.1, -0.05) is 25.0 Å². The van der Waals surface area contributed by atoms with E-state index in [0.29, 0.717) is 12.3 Å². The Morgan fingerprint density at radius 3 is 2.46 bits per heavy atom. The number of rotatable bonds is 6. The van der Waals surface area contributed by atoms with Crippen LogP contribution in [0.5, 0.6) is 0 Å². The van der Waals surface area contributed by atoms with Crippen LogP contribution in [0.15, 0.2) is 47.1 Å². The lowest BCUT2D eigenvalue weighted by Crippen LogP contribution is -2.24. The van der Waals surface area contributed by atoms with E-state index in [2.05, 4.69) is 34.5 Å². The van der Waals surface area contributed by atoms with E-state index in [1.165, 1.54) is 56.3 Å². The first-order chi connectivity index (χ1) is 11.8. The van der Waals surface area contributed by atoms with Crippen molar-refractivity contribution in [1.29, 1.82) is 0 Å². The maximum Gasteiger partial charge on any atom is 0.286 e. The second-order valence-corrected chi connectivity index (χ2v) is 6.40. The Balaban J connectivity index is 1.42. The number of furan rings is 1. The van der Waals surface area contributed by atoms with Crippen molar-refractivity contribution >= 4 is 11.6 Å². The van der Waals surface area contributed by atoms with Gasteiger partial charge in [-0.3, -0.25) is 4.79 Å². The van der Waals surface area contributed by atoms with E-state index in [-0.39, 0.29) is 5.91 Å². The van der Waals surface area contributed by atoms with Crippen LogP contribution in [0, 0.1) is 0 Å². The molecule has 0 unspecified atom stereocenters. The van der Waals surface area contributed by atoms with Gasteiger partial charge in [0, 0.05) is 25.3 Å². The Labute approximate surface area is 143 Å². The van der Waals surface area contributed by atoms with Crippen LogP contribution in [0.2, 0.25) is 0 Å². The number of nitrogens with one attached hydrogen (secondary N) is 1. The molecule has 1 aromatic heterocycles. The fourth-order valence-electron chi connectivity index (χ4n) is 3.19. The highest BCUT2D eigenvalue weighted by atomic mass is 16.3. The zero-order chi connectivity index (χ0) is 16.6. The van der Waals surface area contributed by atoms with E-state index < -0.39 is 0 Å². The number of carbonyl (C=O) groups excluding carboxylic acids is 1. The van der Waals surface area contributed by atoms with Crippen molar-refractivity contribution in [1.82, 2.24) is 5.32 Å². The summed E-state index contributed by atoms with van der Waals surface area (Å²) in [6, 6.07) is 12.3. The quantitative estimate of drug-likeness (QED) is 0.816. The molecular weight excluding hydrogens is 300 g/mol. The van der Waals surface area contributed by atoms with Crippen LogP contribution in [0.25, 0.3) is 0 Å². The third-order valence-electron chi connectivity index (χ3n) is 4.58. The predicted octanol–water partition coefficient (Wildman–Crippen LogP) is 4.02. The van der Waals surface area contributed by atoms with E-state index in [0.717, 1.165) is 12.8 Å². The molecule has 0 bridgehead atoms. The highest BCUT2D eigenvalue weighted by molar-refractivity contribution is 5.91. The lowest BCUT2D eigenvalue weighted by molar-refractivity contribution is 0.0925. The van der Waals surface area contributed by atoms with Gasteiger partial charge >= 0.3 is 0 Å². The van der Waals surface area contributed by atoms with Crippen LogP contribution >= 0.6 is 0 Å². The summed E-state index contributed by atoms with van der Waals surface area (Å²) in [4.78, 5) is 14.3. The summed E-state index contributed by atoms with van der Waals surface area (Å²) >= 11 is 0. The van der Waals surface area contributed by atoms with Crippen LogP contribution < -0.4 is 10.2 Å². The Hall–Kier alpha value is -2.23.